The molecule has 1 heterocycles. The van der Waals surface area contributed by atoms with Crippen LogP contribution in [0.25, 0.3) is 0 Å². The summed E-state index contributed by atoms with van der Waals surface area (Å²) < 4.78 is 38.9. The van der Waals surface area contributed by atoms with Crippen LogP contribution in [0.5, 0.6) is 0 Å². The van der Waals surface area contributed by atoms with E-state index in [9.17, 15) is 18.0 Å². The molecule has 1 aliphatic carbocycles. The van der Waals surface area contributed by atoms with Gasteiger partial charge in [0, 0.05) is 18.0 Å². The van der Waals surface area contributed by atoms with Gasteiger partial charge < -0.3 is 0 Å². The standard InChI is InChI=1S/C16H12F3NO/c17-16(18,19)14-6-7-20-9-13(14)15(21)12-5-4-10-2-1-3-11(10)8-12/h4-9H,1-3H2. The second kappa shape index (κ2) is 4.98. The summed E-state index contributed by atoms with van der Waals surface area (Å²) in [6.45, 7) is 0. The highest BCUT2D eigenvalue weighted by atomic mass is 19.4. The Morgan fingerprint density at radius 2 is 1.86 bits per heavy atom. The van der Waals surface area contributed by atoms with Gasteiger partial charge in [0.05, 0.1) is 11.1 Å². The number of ketones is 1. The van der Waals surface area contributed by atoms with E-state index in [4.69, 9.17) is 0 Å². The number of hydrogen-bond acceptors (Lipinski definition) is 2. The highest BCUT2D eigenvalue weighted by molar-refractivity contribution is 6.10. The average Bonchev–Trinajstić information content (AvgIpc) is 2.93. The topological polar surface area (TPSA) is 30.0 Å². The van der Waals surface area contributed by atoms with Gasteiger partial charge >= 0.3 is 6.18 Å². The zero-order valence-electron chi connectivity index (χ0n) is 11.1. The number of hydrogen-bond donors (Lipinski definition) is 0. The molecule has 0 saturated carbocycles. The quantitative estimate of drug-likeness (QED) is 0.787. The van der Waals surface area contributed by atoms with Crippen LogP contribution in [0, 0.1) is 0 Å². The molecule has 1 aliphatic rings. The molecule has 0 saturated heterocycles. The second-order valence-corrected chi connectivity index (χ2v) is 5.09. The fourth-order valence-corrected chi connectivity index (χ4v) is 2.69. The lowest BCUT2D eigenvalue weighted by atomic mass is 9.97. The molecule has 0 atom stereocenters. The number of benzene rings is 1. The molecule has 0 fully saturated rings. The average molecular weight is 291 g/mol. The Balaban J connectivity index is 2.03. The first-order valence-corrected chi connectivity index (χ1v) is 6.64. The van der Waals surface area contributed by atoms with E-state index in [0.717, 1.165) is 43.3 Å². The number of aryl methyl sites for hydroxylation is 2. The Labute approximate surface area is 119 Å². The van der Waals surface area contributed by atoms with Crippen molar-refractivity contribution in [3.8, 4) is 0 Å². The summed E-state index contributed by atoms with van der Waals surface area (Å²) in [5, 5.41) is 0. The van der Waals surface area contributed by atoms with Crippen LogP contribution in [-0.4, -0.2) is 10.8 Å². The summed E-state index contributed by atoms with van der Waals surface area (Å²) >= 11 is 0. The maximum atomic E-state index is 13.0. The van der Waals surface area contributed by atoms with Crippen LogP contribution in [-0.2, 0) is 19.0 Å². The SMILES string of the molecule is O=C(c1ccc2c(c1)CCC2)c1cnccc1C(F)(F)F. The Kier molecular flexibility index (Phi) is 3.27. The number of aromatic nitrogens is 1. The Morgan fingerprint density at radius 3 is 2.62 bits per heavy atom. The zero-order valence-corrected chi connectivity index (χ0v) is 11.1. The van der Waals surface area contributed by atoms with E-state index in [1.54, 1.807) is 12.1 Å². The third kappa shape index (κ3) is 2.55. The van der Waals surface area contributed by atoms with Crippen molar-refractivity contribution >= 4 is 5.78 Å². The minimum Gasteiger partial charge on any atom is -0.289 e. The van der Waals surface area contributed by atoms with Crippen LogP contribution < -0.4 is 0 Å². The van der Waals surface area contributed by atoms with Gasteiger partial charge in [0.2, 0.25) is 0 Å². The highest BCUT2D eigenvalue weighted by Gasteiger charge is 2.35. The molecule has 0 bridgehead atoms. The number of nitrogens with zero attached hydrogens (tertiary/aromatic N) is 1. The largest absolute Gasteiger partial charge is 0.417 e. The van der Waals surface area contributed by atoms with Crippen molar-refractivity contribution in [2.24, 2.45) is 0 Å². The summed E-state index contributed by atoms with van der Waals surface area (Å²) in [5.74, 6) is -0.634. The molecule has 1 aromatic heterocycles. The Hall–Kier alpha value is -2.17. The van der Waals surface area contributed by atoms with Crippen molar-refractivity contribution in [2.75, 3.05) is 0 Å². The van der Waals surface area contributed by atoms with E-state index in [1.807, 2.05) is 6.07 Å². The van der Waals surface area contributed by atoms with Crippen LogP contribution in [0.1, 0.15) is 39.0 Å². The first kappa shape index (κ1) is 13.8. The van der Waals surface area contributed by atoms with Crippen molar-refractivity contribution in [2.45, 2.75) is 25.4 Å². The Morgan fingerprint density at radius 1 is 1.10 bits per heavy atom. The van der Waals surface area contributed by atoms with Crippen molar-refractivity contribution in [3.63, 3.8) is 0 Å². The van der Waals surface area contributed by atoms with Crippen LogP contribution in [0.15, 0.2) is 36.7 Å². The maximum Gasteiger partial charge on any atom is 0.417 e. The Bertz CT molecular complexity index is 707. The summed E-state index contributed by atoms with van der Waals surface area (Å²) in [4.78, 5) is 16.0. The lowest BCUT2D eigenvalue weighted by Gasteiger charge is -2.11. The molecular weight excluding hydrogens is 279 g/mol. The van der Waals surface area contributed by atoms with Crippen LogP contribution in [0.4, 0.5) is 13.2 Å². The fraction of sp³-hybridized carbons (Fsp3) is 0.250. The maximum absolute atomic E-state index is 13.0. The minimum atomic E-state index is -4.56. The van der Waals surface area contributed by atoms with E-state index in [1.165, 1.54) is 5.56 Å². The smallest absolute Gasteiger partial charge is 0.289 e. The molecule has 108 valence electrons. The fourth-order valence-electron chi connectivity index (χ4n) is 2.69. The normalized spacial score (nSPS) is 14.0. The van der Waals surface area contributed by atoms with Gasteiger partial charge in [0.15, 0.2) is 5.78 Å². The lowest BCUT2D eigenvalue weighted by molar-refractivity contribution is -0.137. The predicted molar refractivity (Wildman–Crippen MR) is 71.1 cm³/mol. The first-order valence-electron chi connectivity index (χ1n) is 6.64. The monoisotopic (exact) mass is 291 g/mol. The molecule has 0 aliphatic heterocycles. The first-order chi connectivity index (χ1) is 9.97. The molecule has 3 rings (SSSR count). The van der Waals surface area contributed by atoms with Crippen LogP contribution >= 0.6 is 0 Å². The molecule has 2 nitrogen and oxygen atoms in total. The third-order valence-corrected chi connectivity index (χ3v) is 3.73. The van der Waals surface area contributed by atoms with Crippen molar-refractivity contribution < 1.29 is 18.0 Å². The molecular formula is C16H12F3NO. The van der Waals surface area contributed by atoms with E-state index >= 15 is 0 Å². The molecule has 2 aromatic rings. The van der Waals surface area contributed by atoms with E-state index in [2.05, 4.69) is 4.98 Å². The van der Waals surface area contributed by atoms with Gasteiger partial charge in [-0.3, -0.25) is 9.78 Å². The van der Waals surface area contributed by atoms with Gasteiger partial charge in [-0.15, -0.1) is 0 Å². The summed E-state index contributed by atoms with van der Waals surface area (Å²) in [7, 11) is 0. The molecule has 0 N–H and O–H groups in total. The van der Waals surface area contributed by atoms with Crippen molar-refractivity contribution in [1.29, 1.82) is 0 Å². The minimum absolute atomic E-state index is 0.286. The predicted octanol–water partition coefficient (Wildman–Crippen LogP) is 3.82. The van der Waals surface area contributed by atoms with E-state index < -0.39 is 23.1 Å². The number of halogens is 3. The molecule has 1 aromatic carbocycles. The summed E-state index contributed by atoms with van der Waals surface area (Å²) in [6, 6.07) is 5.97. The number of alkyl halides is 3. The van der Waals surface area contributed by atoms with E-state index in [0.29, 0.717) is 0 Å². The number of rotatable bonds is 2. The molecule has 0 spiro atoms. The summed E-state index contributed by atoms with van der Waals surface area (Å²) in [5.41, 5.74) is 1.17. The van der Waals surface area contributed by atoms with Gasteiger partial charge in [0.1, 0.15) is 0 Å². The van der Waals surface area contributed by atoms with Crippen molar-refractivity contribution in [1.82, 2.24) is 4.98 Å². The molecule has 21 heavy (non-hydrogen) atoms. The second-order valence-electron chi connectivity index (χ2n) is 5.09. The number of carbonyl (C=O) groups excluding carboxylic acids is 1. The lowest BCUT2D eigenvalue weighted by Crippen LogP contribution is -2.14. The molecule has 0 radical (unpaired) electrons. The van der Waals surface area contributed by atoms with Gasteiger partial charge in [-0.2, -0.15) is 13.2 Å². The zero-order chi connectivity index (χ0) is 15.0. The van der Waals surface area contributed by atoms with Gasteiger partial charge in [-0.1, -0.05) is 12.1 Å². The molecule has 5 heteroatoms. The van der Waals surface area contributed by atoms with Crippen LogP contribution in [0.2, 0.25) is 0 Å². The molecule has 0 amide bonds. The van der Waals surface area contributed by atoms with E-state index in [-0.39, 0.29) is 5.56 Å². The van der Waals surface area contributed by atoms with Crippen molar-refractivity contribution in [3.05, 3.63) is 64.5 Å². The number of pyridine rings is 1. The van der Waals surface area contributed by atoms with Gasteiger partial charge in [0.25, 0.3) is 0 Å². The third-order valence-electron chi connectivity index (χ3n) is 3.73. The van der Waals surface area contributed by atoms with Crippen LogP contribution in [0.3, 0.4) is 0 Å². The number of carbonyl (C=O) groups is 1. The highest BCUT2D eigenvalue weighted by Crippen LogP contribution is 2.33. The summed E-state index contributed by atoms with van der Waals surface area (Å²) in [6.07, 6.45) is 0.319. The molecule has 0 unspecified atom stereocenters. The van der Waals surface area contributed by atoms with Gasteiger partial charge in [-0.25, -0.2) is 0 Å². The van der Waals surface area contributed by atoms with Gasteiger partial charge in [-0.05, 0) is 42.5 Å². The number of fused-ring (bicyclic) bond motifs is 1.